The number of hydrogen-bond acceptors (Lipinski definition) is 2. The molecule has 1 fully saturated rings. The van der Waals surface area contributed by atoms with Gasteiger partial charge >= 0.3 is 0 Å². The summed E-state index contributed by atoms with van der Waals surface area (Å²) in [4.78, 5) is 13.9. The SMILES string of the molecule is N=C(N)c1ccc(C[CH]C(=O)N2CCCCC2)cc1. The van der Waals surface area contributed by atoms with Gasteiger partial charge in [0.05, 0.1) is 6.42 Å². The van der Waals surface area contributed by atoms with Gasteiger partial charge in [0.2, 0.25) is 5.91 Å². The van der Waals surface area contributed by atoms with E-state index in [0.29, 0.717) is 12.0 Å². The molecule has 1 saturated heterocycles. The molecule has 1 aromatic carbocycles. The number of amidine groups is 1. The van der Waals surface area contributed by atoms with Gasteiger partial charge in [-0.1, -0.05) is 24.3 Å². The highest BCUT2D eigenvalue weighted by atomic mass is 16.2. The zero-order valence-electron chi connectivity index (χ0n) is 11.1. The Bertz CT molecular complexity index is 447. The van der Waals surface area contributed by atoms with Gasteiger partial charge in [0.15, 0.2) is 0 Å². The summed E-state index contributed by atoms with van der Waals surface area (Å²) in [5.74, 6) is 0.204. The summed E-state index contributed by atoms with van der Waals surface area (Å²) in [6.07, 6.45) is 5.84. The average molecular weight is 258 g/mol. The quantitative estimate of drug-likeness (QED) is 0.638. The molecule has 0 unspecified atom stereocenters. The number of hydrogen-bond donors (Lipinski definition) is 2. The number of carbonyl (C=O) groups excluding carboxylic acids is 1. The highest BCUT2D eigenvalue weighted by Gasteiger charge is 2.16. The average Bonchev–Trinajstić information content (AvgIpc) is 2.46. The number of nitrogen functional groups attached to an aromatic ring is 1. The van der Waals surface area contributed by atoms with Crippen molar-refractivity contribution in [3.63, 3.8) is 0 Å². The van der Waals surface area contributed by atoms with Gasteiger partial charge in [-0.15, -0.1) is 0 Å². The molecule has 0 aromatic heterocycles. The predicted molar refractivity (Wildman–Crippen MR) is 75.9 cm³/mol. The van der Waals surface area contributed by atoms with Crippen LogP contribution >= 0.6 is 0 Å². The first-order chi connectivity index (χ1) is 9.16. The van der Waals surface area contributed by atoms with E-state index in [1.165, 1.54) is 6.42 Å². The van der Waals surface area contributed by atoms with Crippen molar-refractivity contribution in [2.75, 3.05) is 13.1 Å². The van der Waals surface area contributed by atoms with Crippen molar-refractivity contribution < 1.29 is 4.79 Å². The maximum atomic E-state index is 12.0. The number of carbonyl (C=O) groups is 1. The smallest absolute Gasteiger partial charge is 0.226 e. The van der Waals surface area contributed by atoms with Gasteiger partial charge in [0.1, 0.15) is 5.84 Å². The van der Waals surface area contributed by atoms with Crippen molar-refractivity contribution in [2.45, 2.75) is 25.7 Å². The van der Waals surface area contributed by atoms with Crippen LogP contribution in [0, 0.1) is 11.8 Å². The van der Waals surface area contributed by atoms with Crippen molar-refractivity contribution in [3.05, 3.63) is 41.8 Å². The lowest BCUT2D eigenvalue weighted by Gasteiger charge is -2.26. The third-order valence-corrected chi connectivity index (χ3v) is 3.45. The van der Waals surface area contributed by atoms with Crippen LogP contribution in [0.25, 0.3) is 0 Å². The van der Waals surface area contributed by atoms with Crippen LogP contribution in [-0.2, 0) is 11.2 Å². The minimum Gasteiger partial charge on any atom is -0.384 e. The van der Waals surface area contributed by atoms with Crippen LogP contribution in [0.15, 0.2) is 24.3 Å². The standard InChI is InChI=1S/C15H20N3O/c16-15(17)13-7-4-12(5-8-13)6-9-14(19)18-10-2-1-3-11-18/h4-5,7-9H,1-3,6,10-11H2,(H3,16,17). The van der Waals surface area contributed by atoms with E-state index in [-0.39, 0.29) is 11.7 Å². The normalized spacial score (nSPS) is 15.3. The molecule has 0 spiro atoms. The minimum atomic E-state index is 0.0694. The Morgan fingerprint density at radius 1 is 1.21 bits per heavy atom. The number of nitrogens with zero attached hydrogens (tertiary/aromatic N) is 1. The summed E-state index contributed by atoms with van der Waals surface area (Å²) < 4.78 is 0. The number of rotatable bonds is 4. The predicted octanol–water partition coefficient (Wildman–Crippen LogP) is 1.73. The number of amides is 1. The number of nitrogens with two attached hydrogens (primary N) is 1. The third-order valence-electron chi connectivity index (χ3n) is 3.45. The molecule has 4 nitrogen and oxygen atoms in total. The Hall–Kier alpha value is -1.84. The highest BCUT2D eigenvalue weighted by Crippen LogP contribution is 2.11. The van der Waals surface area contributed by atoms with Gasteiger partial charge < -0.3 is 10.6 Å². The fourth-order valence-electron chi connectivity index (χ4n) is 2.27. The van der Waals surface area contributed by atoms with E-state index in [4.69, 9.17) is 11.1 Å². The monoisotopic (exact) mass is 258 g/mol. The first kappa shape index (κ1) is 13.6. The van der Waals surface area contributed by atoms with Crippen LogP contribution in [0.3, 0.4) is 0 Å². The van der Waals surface area contributed by atoms with Crippen LogP contribution in [0.5, 0.6) is 0 Å². The molecule has 0 saturated carbocycles. The van der Waals surface area contributed by atoms with Crippen LogP contribution in [0.1, 0.15) is 30.4 Å². The summed E-state index contributed by atoms with van der Waals surface area (Å²) in [5, 5.41) is 7.32. The van der Waals surface area contributed by atoms with E-state index in [1.807, 2.05) is 29.2 Å². The van der Waals surface area contributed by atoms with E-state index in [1.54, 1.807) is 6.42 Å². The fourth-order valence-corrected chi connectivity index (χ4v) is 2.27. The molecule has 3 N–H and O–H groups in total. The summed E-state index contributed by atoms with van der Waals surface area (Å²) >= 11 is 0. The van der Waals surface area contributed by atoms with Crippen molar-refractivity contribution in [1.29, 1.82) is 5.41 Å². The van der Waals surface area contributed by atoms with Gasteiger partial charge in [-0.05, 0) is 31.2 Å². The van der Waals surface area contributed by atoms with Crippen molar-refractivity contribution >= 4 is 11.7 Å². The van der Waals surface area contributed by atoms with Gasteiger partial charge in [-0.3, -0.25) is 10.2 Å². The summed E-state index contributed by atoms with van der Waals surface area (Å²) in [7, 11) is 0. The molecule has 101 valence electrons. The van der Waals surface area contributed by atoms with Crippen LogP contribution in [-0.4, -0.2) is 29.7 Å². The molecular formula is C15H20N3O. The molecule has 4 heteroatoms. The molecule has 1 amide bonds. The zero-order valence-corrected chi connectivity index (χ0v) is 11.1. The molecule has 0 bridgehead atoms. The lowest BCUT2D eigenvalue weighted by Crippen LogP contribution is -2.36. The molecule has 0 aliphatic carbocycles. The second-order valence-corrected chi connectivity index (χ2v) is 4.90. The summed E-state index contributed by atoms with van der Waals surface area (Å²) in [5.41, 5.74) is 7.18. The largest absolute Gasteiger partial charge is 0.384 e. The molecule has 1 radical (unpaired) electrons. The van der Waals surface area contributed by atoms with Crippen LogP contribution < -0.4 is 5.73 Å². The number of benzene rings is 1. The van der Waals surface area contributed by atoms with Gasteiger partial charge in [0, 0.05) is 18.7 Å². The Morgan fingerprint density at radius 3 is 2.42 bits per heavy atom. The highest BCUT2D eigenvalue weighted by molar-refractivity contribution is 5.94. The molecule has 0 atom stereocenters. The maximum absolute atomic E-state index is 12.0. The van der Waals surface area contributed by atoms with E-state index in [0.717, 1.165) is 31.5 Å². The molecule has 1 aliphatic rings. The third kappa shape index (κ3) is 3.81. The van der Waals surface area contributed by atoms with Crippen molar-refractivity contribution in [1.82, 2.24) is 4.90 Å². The van der Waals surface area contributed by atoms with Gasteiger partial charge in [-0.2, -0.15) is 0 Å². The number of likely N-dealkylation sites (tertiary alicyclic amines) is 1. The maximum Gasteiger partial charge on any atom is 0.226 e. The number of nitrogens with one attached hydrogen (secondary N) is 1. The fraction of sp³-hybridized carbons (Fsp3) is 0.400. The van der Waals surface area contributed by atoms with Crippen molar-refractivity contribution in [3.8, 4) is 0 Å². The van der Waals surface area contributed by atoms with E-state index >= 15 is 0 Å². The first-order valence-electron chi connectivity index (χ1n) is 6.72. The van der Waals surface area contributed by atoms with Crippen molar-refractivity contribution in [2.24, 2.45) is 5.73 Å². The lowest BCUT2D eigenvalue weighted by atomic mass is 10.1. The molecule has 2 rings (SSSR count). The molecule has 1 aliphatic heterocycles. The van der Waals surface area contributed by atoms with Crippen LogP contribution in [0.4, 0.5) is 0 Å². The second kappa shape index (κ2) is 6.36. The van der Waals surface area contributed by atoms with E-state index < -0.39 is 0 Å². The molecule has 1 heterocycles. The second-order valence-electron chi connectivity index (χ2n) is 4.90. The minimum absolute atomic E-state index is 0.0694. The Kier molecular flexibility index (Phi) is 4.55. The Labute approximate surface area is 114 Å². The van der Waals surface area contributed by atoms with Gasteiger partial charge in [0.25, 0.3) is 0 Å². The molecule has 19 heavy (non-hydrogen) atoms. The molecular weight excluding hydrogens is 238 g/mol. The van der Waals surface area contributed by atoms with E-state index in [2.05, 4.69) is 0 Å². The Balaban J connectivity index is 1.84. The first-order valence-corrected chi connectivity index (χ1v) is 6.72. The van der Waals surface area contributed by atoms with Crippen LogP contribution in [0.2, 0.25) is 0 Å². The summed E-state index contributed by atoms with van der Waals surface area (Å²) in [6.45, 7) is 1.78. The summed E-state index contributed by atoms with van der Waals surface area (Å²) in [6, 6.07) is 7.46. The van der Waals surface area contributed by atoms with E-state index in [9.17, 15) is 4.79 Å². The topological polar surface area (TPSA) is 70.2 Å². The number of piperidine rings is 1. The zero-order chi connectivity index (χ0) is 13.7. The molecule has 1 aromatic rings. The Morgan fingerprint density at radius 2 is 1.84 bits per heavy atom. The lowest BCUT2D eigenvalue weighted by molar-refractivity contribution is -0.128. The van der Waals surface area contributed by atoms with Gasteiger partial charge in [-0.25, -0.2) is 0 Å².